The highest BCUT2D eigenvalue weighted by atomic mass is 32.2. The topological polar surface area (TPSA) is 80.5 Å². The number of nitrogens with zero attached hydrogens (tertiary/aromatic N) is 1. The molecule has 76 valence electrons. The Morgan fingerprint density at radius 1 is 1.31 bits per heavy atom. The van der Waals surface area contributed by atoms with Crippen LogP contribution in [0.2, 0.25) is 0 Å². The van der Waals surface area contributed by atoms with Crippen molar-refractivity contribution >= 4 is 15.8 Å². The van der Waals surface area contributed by atoms with E-state index in [0.717, 1.165) is 0 Å². The van der Waals surface area contributed by atoms with Gasteiger partial charge >= 0.3 is 0 Å². The molecule has 1 heterocycles. The first-order valence-corrected chi connectivity index (χ1v) is 5.87. The molecule has 6 heteroatoms. The summed E-state index contributed by atoms with van der Waals surface area (Å²) in [5, 5.41) is 0. The number of rotatable bonds is 3. The first-order valence-electron chi connectivity index (χ1n) is 4.26. The van der Waals surface area contributed by atoms with E-state index in [-0.39, 0.29) is 18.1 Å². The van der Waals surface area contributed by atoms with Gasteiger partial charge in [-0.1, -0.05) is 0 Å². The van der Waals surface area contributed by atoms with Crippen LogP contribution in [0, 0.1) is 0 Å². The van der Waals surface area contributed by atoms with Gasteiger partial charge in [0, 0.05) is 32.5 Å². The molecule has 0 aliphatic carbocycles. The molecule has 0 atom stereocenters. The monoisotopic (exact) mass is 206 g/mol. The quantitative estimate of drug-likeness (QED) is 0.638. The lowest BCUT2D eigenvalue weighted by Crippen LogP contribution is -2.41. The molecule has 1 aliphatic heterocycles. The van der Waals surface area contributed by atoms with E-state index in [2.05, 4.69) is 0 Å². The lowest BCUT2D eigenvalue weighted by molar-refractivity contribution is -0.120. The summed E-state index contributed by atoms with van der Waals surface area (Å²) < 4.78 is 24.2. The smallest absolute Gasteiger partial charge is 0.215 e. The van der Waals surface area contributed by atoms with Gasteiger partial charge in [0.2, 0.25) is 10.0 Å². The summed E-state index contributed by atoms with van der Waals surface area (Å²) in [5.74, 6) is 0.112. The Morgan fingerprint density at radius 2 is 1.85 bits per heavy atom. The van der Waals surface area contributed by atoms with Gasteiger partial charge in [-0.15, -0.1) is 0 Å². The second kappa shape index (κ2) is 4.17. The van der Waals surface area contributed by atoms with Crippen LogP contribution < -0.4 is 5.73 Å². The zero-order valence-corrected chi connectivity index (χ0v) is 8.22. The Hall–Kier alpha value is -0.460. The number of nitrogens with two attached hydrogens (primary N) is 1. The maximum atomic E-state index is 11.4. The molecule has 5 nitrogen and oxygen atoms in total. The third kappa shape index (κ3) is 2.75. The van der Waals surface area contributed by atoms with Crippen molar-refractivity contribution in [2.24, 2.45) is 5.73 Å². The summed E-state index contributed by atoms with van der Waals surface area (Å²) in [4.78, 5) is 10.8. The highest BCUT2D eigenvalue weighted by Gasteiger charge is 2.25. The fourth-order valence-corrected chi connectivity index (χ4v) is 2.59. The normalized spacial score (nSPS) is 20.5. The van der Waals surface area contributed by atoms with Crippen LogP contribution in [0.1, 0.15) is 12.8 Å². The second-order valence-corrected chi connectivity index (χ2v) is 5.13. The van der Waals surface area contributed by atoms with Crippen LogP contribution in [0.25, 0.3) is 0 Å². The molecule has 0 aromatic heterocycles. The first-order chi connectivity index (χ1) is 6.06. The Balaban J connectivity index is 2.58. The zero-order valence-electron chi connectivity index (χ0n) is 7.40. The van der Waals surface area contributed by atoms with Gasteiger partial charge in [0.25, 0.3) is 0 Å². The van der Waals surface area contributed by atoms with Gasteiger partial charge in [0.15, 0.2) is 0 Å². The first kappa shape index (κ1) is 10.6. The van der Waals surface area contributed by atoms with Gasteiger partial charge in [-0.3, -0.25) is 4.79 Å². The molecule has 1 rings (SSSR count). The van der Waals surface area contributed by atoms with Gasteiger partial charge in [-0.25, -0.2) is 12.7 Å². The summed E-state index contributed by atoms with van der Waals surface area (Å²) in [6.45, 7) is 0.773. The van der Waals surface area contributed by atoms with Gasteiger partial charge in [-0.05, 0) is 0 Å². The average molecular weight is 206 g/mol. The Labute approximate surface area is 77.9 Å². The third-order valence-corrected chi connectivity index (χ3v) is 3.95. The highest BCUT2D eigenvalue weighted by Crippen LogP contribution is 2.10. The minimum absolute atomic E-state index is 0.0266. The van der Waals surface area contributed by atoms with Crippen molar-refractivity contribution < 1.29 is 13.2 Å². The minimum Gasteiger partial charge on any atom is -0.329 e. The van der Waals surface area contributed by atoms with E-state index < -0.39 is 10.0 Å². The van der Waals surface area contributed by atoms with Crippen molar-refractivity contribution in [2.45, 2.75) is 12.8 Å². The number of ketones is 1. The number of sulfonamides is 1. The molecule has 1 saturated heterocycles. The number of hydrogen-bond donors (Lipinski definition) is 1. The summed E-state index contributed by atoms with van der Waals surface area (Å²) in [6, 6.07) is 0. The van der Waals surface area contributed by atoms with Gasteiger partial charge in [0.1, 0.15) is 5.78 Å². The van der Waals surface area contributed by atoms with E-state index in [0.29, 0.717) is 25.9 Å². The molecular weight excluding hydrogens is 192 g/mol. The second-order valence-electron chi connectivity index (χ2n) is 3.04. The van der Waals surface area contributed by atoms with E-state index in [1.165, 1.54) is 4.31 Å². The maximum Gasteiger partial charge on any atom is 0.215 e. The van der Waals surface area contributed by atoms with Crippen molar-refractivity contribution in [1.29, 1.82) is 0 Å². The highest BCUT2D eigenvalue weighted by molar-refractivity contribution is 7.89. The van der Waals surface area contributed by atoms with Crippen molar-refractivity contribution in [2.75, 3.05) is 25.4 Å². The summed E-state index contributed by atoms with van der Waals surface area (Å²) >= 11 is 0. The minimum atomic E-state index is -3.20. The van der Waals surface area contributed by atoms with E-state index >= 15 is 0 Å². The van der Waals surface area contributed by atoms with Crippen LogP contribution in [0.15, 0.2) is 0 Å². The Kier molecular flexibility index (Phi) is 3.40. The standard InChI is InChI=1S/C7H14N2O3S/c8-3-6-13(11,12)9-4-1-7(10)2-5-9/h1-6,8H2. The van der Waals surface area contributed by atoms with Crippen LogP contribution in [-0.2, 0) is 14.8 Å². The molecule has 2 N–H and O–H groups in total. The summed E-state index contributed by atoms with van der Waals surface area (Å²) in [7, 11) is -3.20. The average Bonchev–Trinajstić information content (AvgIpc) is 2.05. The molecular formula is C7H14N2O3S. The molecule has 0 aromatic carbocycles. The molecule has 0 radical (unpaired) electrons. The van der Waals surface area contributed by atoms with Crippen LogP contribution in [-0.4, -0.2) is 43.9 Å². The largest absolute Gasteiger partial charge is 0.329 e. The molecule has 0 amide bonds. The predicted molar refractivity (Wildman–Crippen MR) is 48.7 cm³/mol. The summed E-state index contributed by atoms with van der Waals surface area (Å²) in [5.41, 5.74) is 5.18. The number of carbonyl (C=O) groups is 1. The molecule has 0 spiro atoms. The lowest BCUT2D eigenvalue weighted by Gasteiger charge is -2.24. The lowest BCUT2D eigenvalue weighted by atomic mass is 10.1. The summed E-state index contributed by atoms with van der Waals surface area (Å²) in [6.07, 6.45) is 0.674. The van der Waals surface area contributed by atoms with Crippen molar-refractivity contribution in [3.63, 3.8) is 0 Å². The van der Waals surface area contributed by atoms with E-state index in [1.54, 1.807) is 0 Å². The number of carbonyl (C=O) groups excluding carboxylic acids is 1. The van der Waals surface area contributed by atoms with Crippen LogP contribution >= 0.6 is 0 Å². The molecule has 0 aromatic rings. The van der Waals surface area contributed by atoms with Crippen molar-refractivity contribution in [3.8, 4) is 0 Å². The molecule has 0 unspecified atom stereocenters. The van der Waals surface area contributed by atoms with Crippen molar-refractivity contribution in [1.82, 2.24) is 4.31 Å². The number of piperidine rings is 1. The third-order valence-electron chi connectivity index (χ3n) is 2.05. The van der Waals surface area contributed by atoms with Crippen LogP contribution in [0.5, 0.6) is 0 Å². The SMILES string of the molecule is NCCS(=O)(=O)N1CCC(=O)CC1. The maximum absolute atomic E-state index is 11.4. The molecule has 13 heavy (non-hydrogen) atoms. The Morgan fingerprint density at radius 3 is 2.31 bits per heavy atom. The van der Waals surface area contributed by atoms with E-state index in [1.807, 2.05) is 0 Å². The molecule has 1 fully saturated rings. The van der Waals surface area contributed by atoms with Crippen LogP contribution in [0.3, 0.4) is 0 Å². The number of Topliss-reactive ketones (excluding diaryl/α,β-unsaturated/α-hetero) is 1. The van der Waals surface area contributed by atoms with Crippen LogP contribution in [0.4, 0.5) is 0 Å². The van der Waals surface area contributed by atoms with Gasteiger partial charge < -0.3 is 5.73 Å². The molecule has 0 saturated carbocycles. The van der Waals surface area contributed by atoms with Crippen molar-refractivity contribution in [3.05, 3.63) is 0 Å². The van der Waals surface area contributed by atoms with E-state index in [9.17, 15) is 13.2 Å². The predicted octanol–water partition coefficient (Wildman–Crippen LogP) is -1.06. The fraction of sp³-hybridized carbons (Fsp3) is 0.857. The zero-order chi connectivity index (χ0) is 9.90. The van der Waals surface area contributed by atoms with Gasteiger partial charge in [-0.2, -0.15) is 0 Å². The fourth-order valence-electron chi connectivity index (χ4n) is 1.29. The Bertz CT molecular complexity index is 276. The van der Waals surface area contributed by atoms with E-state index in [4.69, 9.17) is 5.73 Å². The number of hydrogen-bond acceptors (Lipinski definition) is 4. The van der Waals surface area contributed by atoms with Gasteiger partial charge in [0.05, 0.1) is 5.75 Å². The molecule has 1 aliphatic rings. The molecule has 0 bridgehead atoms.